The fourth-order valence-corrected chi connectivity index (χ4v) is 3.35. The minimum atomic E-state index is -4.49. The number of halogens is 4. The Labute approximate surface area is 178 Å². The van der Waals surface area contributed by atoms with E-state index in [0.29, 0.717) is 29.5 Å². The van der Waals surface area contributed by atoms with E-state index in [-0.39, 0.29) is 18.7 Å². The first-order chi connectivity index (χ1) is 14.2. The molecule has 9 heteroatoms. The second-order valence-electron chi connectivity index (χ2n) is 7.10. The van der Waals surface area contributed by atoms with E-state index >= 15 is 0 Å². The van der Waals surface area contributed by atoms with Crippen molar-refractivity contribution in [2.75, 3.05) is 50.1 Å². The highest BCUT2D eigenvalue weighted by atomic mass is 35.5. The first kappa shape index (κ1) is 22.2. The average molecular weight is 442 g/mol. The lowest BCUT2D eigenvalue weighted by molar-refractivity contribution is -0.137. The van der Waals surface area contributed by atoms with Crippen molar-refractivity contribution in [1.82, 2.24) is 4.90 Å². The van der Waals surface area contributed by atoms with Gasteiger partial charge >= 0.3 is 6.18 Å². The van der Waals surface area contributed by atoms with E-state index in [4.69, 9.17) is 16.3 Å². The maximum absolute atomic E-state index is 13.2. The van der Waals surface area contributed by atoms with E-state index in [0.717, 1.165) is 25.2 Å². The topological polar surface area (TPSA) is 44.8 Å². The molecule has 1 fully saturated rings. The quantitative estimate of drug-likeness (QED) is 0.716. The molecule has 0 radical (unpaired) electrons. The zero-order valence-electron chi connectivity index (χ0n) is 16.5. The molecule has 1 amide bonds. The van der Waals surface area contributed by atoms with Gasteiger partial charge in [-0.2, -0.15) is 13.2 Å². The van der Waals surface area contributed by atoms with Crippen LogP contribution in [0.1, 0.15) is 12.0 Å². The van der Waals surface area contributed by atoms with Crippen LogP contribution >= 0.6 is 11.6 Å². The van der Waals surface area contributed by atoms with E-state index in [9.17, 15) is 18.0 Å². The molecule has 2 aromatic rings. The number of carbonyl (C=O) groups is 1. The summed E-state index contributed by atoms with van der Waals surface area (Å²) in [6.07, 6.45) is -4.52. The van der Waals surface area contributed by atoms with E-state index in [1.165, 1.54) is 6.07 Å². The van der Waals surface area contributed by atoms with Crippen molar-refractivity contribution in [2.45, 2.75) is 12.6 Å². The molecule has 0 aromatic heterocycles. The third kappa shape index (κ3) is 5.79. The first-order valence-corrected chi connectivity index (χ1v) is 9.94. The summed E-state index contributed by atoms with van der Waals surface area (Å²) in [5.41, 5.74) is -0.0726. The molecule has 2 aromatic carbocycles. The van der Waals surface area contributed by atoms with E-state index in [1.54, 1.807) is 24.3 Å². The lowest BCUT2D eigenvalue weighted by Crippen LogP contribution is -2.44. The minimum Gasteiger partial charge on any atom is -0.491 e. The summed E-state index contributed by atoms with van der Waals surface area (Å²) in [7, 11) is 1.99. The molecule has 0 bridgehead atoms. The Morgan fingerprint density at radius 1 is 1.13 bits per heavy atom. The largest absolute Gasteiger partial charge is 0.491 e. The second kappa shape index (κ2) is 9.57. The maximum atomic E-state index is 13.2. The Balaban J connectivity index is 1.70. The maximum Gasteiger partial charge on any atom is 0.416 e. The molecule has 162 valence electrons. The number of piperazine rings is 1. The van der Waals surface area contributed by atoms with Crippen LogP contribution in [0.15, 0.2) is 42.5 Å². The number of benzene rings is 2. The second-order valence-corrected chi connectivity index (χ2v) is 7.50. The summed E-state index contributed by atoms with van der Waals surface area (Å²) in [5.74, 6) is 0.0147. The number of amides is 1. The summed E-state index contributed by atoms with van der Waals surface area (Å²) >= 11 is 6.01. The van der Waals surface area contributed by atoms with Gasteiger partial charge in [0.1, 0.15) is 5.75 Å². The van der Waals surface area contributed by atoms with Gasteiger partial charge in [0.2, 0.25) is 5.91 Å². The van der Waals surface area contributed by atoms with E-state index < -0.39 is 17.6 Å². The van der Waals surface area contributed by atoms with Crippen LogP contribution in [0.2, 0.25) is 5.02 Å². The summed E-state index contributed by atoms with van der Waals surface area (Å²) in [6, 6.07) is 10.3. The number of alkyl halides is 3. The predicted molar refractivity (Wildman–Crippen MR) is 111 cm³/mol. The molecule has 1 aliphatic heterocycles. The van der Waals surface area contributed by atoms with Crippen molar-refractivity contribution in [2.24, 2.45) is 0 Å². The van der Waals surface area contributed by atoms with Crippen molar-refractivity contribution in [3.05, 3.63) is 53.1 Å². The van der Waals surface area contributed by atoms with Gasteiger partial charge in [-0.05, 0) is 37.4 Å². The number of anilines is 2. The SMILES string of the molecule is CN1CCN(c2ccc(C(F)(F)F)cc2NC(=O)CCOc2ccccc2Cl)CC1. The molecule has 0 unspecified atom stereocenters. The van der Waals surface area contributed by atoms with Crippen molar-refractivity contribution in [1.29, 1.82) is 0 Å². The fourth-order valence-electron chi connectivity index (χ4n) is 3.16. The smallest absolute Gasteiger partial charge is 0.416 e. The van der Waals surface area contributed by atoms with E-state index in [1.807, 2.05) is 11.9 Å². The van der Waals surface area contributed by atoms with Gasteiger partial charge in [0.15, 0.2) is 0 Å². The number of likely N-dealkylation sites (N-methyl/N-ethyl adjacent to an activating group) is 1. The van der Waals surface area contributed by atoms with Crippen molar-refractivity contribution >= 4 is 28.9 Å². The third-order valence-corrected chi connectivity index (χ3v) is 5.18. The number of carbonyl (C=O) groups excluding carboxylic acids is 1. The molecule has 0 spiro atoms. The highest BCUT2D eigenvalue weighted by molar-refractivity contribution is 6.32. The molecule has 5 nitrogen and oxygen atoms in total. The highest BCUT2D eigenvalue weighted by Crippen LogP contribution is 2.36. The molecular formula is C21H23ClF3N3O2. The predicted octanol–water partition coefficient (Wildman–Crippen LogP) is 4.52. The summed E-state index contributed by atoms with van der Waals surface area (Å²) in [4.78, 5) is 16.5. The molecule has 1 heterocycles. The average Bonchev–Trinajstić information content (AvgIpc) is 2.69. The minimum absolute atomic E-state index is 0.0242. The third-order valence-electron chi connectivity index (χ3n) is 4.87. The van der Waals surface area contributed by atoms with Crippen LogP contribution in [0.5, 0.6) is 5.75 Å². The Bertz CT molecular complexity index is 884. The molecule has 1 saturated heterocycles. The zero-order chi connectivity index (χ0) is 21.7. The standard InChI is InChI=1S/C21H23ClF3N3O2/c1-27-9-11-28(12-10-27)18-7-6-15(21(23,24)25)14-17(18)26-20(29)8-13-30-19-5-3-2-4-16(19)22/h2-7,14H,8-13H2,1H3,(H,26,29). The molecule has 0 aliphatic carbocycles. The van der Waals surface area contributed by atoms with Gasteiger partial charge in [-0.3, -0.25) is 4.79 Å². The normalized spacial score (nSPS) is 15.2. The zero-order valence-corrected chi connectivity index (χ0v) is 17.3. The van der Waals surface area contributed by atoms with Crippen LogP contribution in [0.25, 0.3) is 0 Å². The van der Waals surface area contributed by atoms with Crippen molar-refractivity contribution in [3.63, 3.8) is 0 Å². The summed E-state index contributed by atoms with van der Waals surface area (Å²) in [5, 5.41) is 3.05. The Kier molecular flexibility index (Phi) is 7.10. The van der Waals surface area contributed by atoms with Gasteiger partial charge in [0, 0.05) is 26.2 Å². The van der Waals surface area contributed by atoms with Gasteiger partial charge in [-0.1, -0.05) is 23.7 Å². The number of nitrogens with zero attached hydrogens (tertiary/aromatic N) is 2. The van der Waals surface area contributed by atoms with Crippen LogP contribution in [-0.4, -0.2) is 50.6 Å². The van der Waals surface area contributed by atoms with Gasteiger partial charge in [0.05, 0.1) is 35.0 Å². The van der Waals surface area contributed by atoms with Crippen molar-refractivity contribution < 1.29 is 22.7 Å². The molecular weight excluding hydrogens is 419 g/mol. The molecule has 1 aliphatic rings. The number of rotatable bonds is 6. The Morgan fingerprint density at radius 2 is 1.83 bits per heavy atom. The van der Waals surface area contributed by atoms with Gasteiger partial charge in [-0.25, -0.2) is 0 Å². The lowest BCUT2D eigenvalue weighted by atomic mass is 10.1. The Hall–Kier alpha value is -2.45. The van der Waals surface area contributed by atoms with Crippen LogP contribution in [0, 0.1) is 0 Å². The highest BCUT2D eigenvalue weighted by Gasteiger charge is 2.32. The number of para-hydroxylation sites is 1. The first-order valence-electron chi connectivity index (χ1n) is 9.56. The fraction of sp³-hybridized carbons (Fsp3) is 0.381. The molecule has 30 heavy (non-hydrogen) atoms. The molecule has 3 rings (SSSR count). The van der Waals surface area contributed by atoms with Crippen LogP contribution in [-0.2, 0) is 11.0 Å². The molecule has 0 atom stereocenters. The van der Waals surface area contributed by atoms with Gasteiger partial charge < -0.3 is 19.9 Å². The van der Waals surface area contributed by atoms with Gasteiger partial charge in [0.25, 0.3) is 0 Å². The van der Waals surface area contributed by atoms with Crippen molar-refractivity contribution in [3.8, 4) is 5.75 Å². The van der Waals surface area contributed by atoms with E-state index in [2.05, 4.69) is 10.2 Å². The number of hydrogen-bond acceptors (Lipinski definition) is 4. The Morgan fingerprint density at radius 3 is 2.50 bits per heavy atom. The summed E-state index contributed by atoms with van der Waals surface area (Å²) < 4.78 is 45.1. The van der Waals surface area contributed by atoms with Crippen LogP contribution in [0.4, 0.5) is 24.5 Å². The number of nitrogens with one attached hydrogen (secondary N) is 1. The lowest BCUT2D eigenvalue weighted by Gasteiger charge is -2.35. The number of ether oxygens (including phenoxy) is 1. The molecule has 0 saturated carbocycles. The van der Waals surface area contributed by atoms with Crippen LogP contribution in [0.3, 0.4) is 0 Å². The number of hydrogen-bond donors (Lipinski definition) is 1. The summed E-state index contributed by atoms with van der Waals surface area (Å²) in [6.45, 7) is 2.97. The van der Waals surface area contributed by atoms with Crippen LogP contribution < -0.4 is 15.0 Å². The monoisotopic (exact) mass is 441 g/mol. The van der Waals surface area contributed by atoms with Gasteiger partial charge in [-0.15, -0.1) is 0 Å². The molecule has 1 N–H and O–H groups in total.